The maximum absolute atomic E-state index is 13.6. The number of halogens is 9. The van der Waals surface area contributed by atoms with E-state index in [0.29, 0.717) is 58.2 Å². The zero-order chi connectivity index (χ0) is 64.5. The lowest BCUT2D eigenvalue weighted by Gasteiger charge is -2.38. The molecule has 492 valence electrons. The highest BCUT2D eigenvalue weighted by Gasteiger charge is 2.41. The van der Waals surface area contributed by atoms with Crippen molar-refractivity contribution in [1.29, 1.82) is 0 Å². The number of aromatic nitrogens is 6. The van der Waals surface area contributed by atoms with Gasteiger partial charge in [-0.15, -0.1) is 0 Å². The number of alkyl halides is 9. The van der Waals surface area contributed by atoms with E-state index in [1.165, 1.54) is 73.2 Å². The summed E-state index contributed by atoms with van der Waals surface area (Å²) in [6, 6.07) is 14.5. The van der Waals surface area contributed by atoms with Crippen molar-refractivity contribution in [2.24, 2.45) is 17.6 Å². The smallest absolute Gasteiger partial charge is 0.391 e. The average Bonchev–Trinajstić information content (AvgIpc) is 0.798. The Hall–Kier alpha value is -8.12. The van der Waals surface area contributed by atoms with E-state index < -0.39 is 81.4 Å². The van der Waals surface area contributed by atoms with Gasteiger partial charge < -0.3 is 58.9 Å². The van der Waals surface area contributed by atoms with Gasteiger partial charge in [-0.1, -0.05) is 13.8 Å². The monoisotopic (exact) mass is 1260 g/mol. The summed E-state index contributed by atoms with van der Waals surface area (Å²) >= 11 is 0. The van der Waals surface area contributed by atoms with Crippen LogP contribution in [0, 0.1) is 11.8 Å². The molecule has 3 atom stereocenters. The SMILES string of the molecule is CC(C)(O)CC1CN(c2ccc(C(F)(F)F)c(C(=O)c3cccnc3N)n2)CCN1.CC(C)C(O)C1CN(c2ccc(C(F)(F)F)c(C(=O)c3cccnc3N)n2)CCN1.Nc1ncccc1C(=O)c1nc(NCC2CCC(N)CC2)ccc1C(F)(F)F.[HH].[HH].[HH].[HH].[HH].[HH].[HH].[HH].[HH]. The molecular formula is C59H88F9N15O5. The van der Waals surface area contributed by atoms with Crippen LogP contribution in [0.1, 0.15) is 137 Å². The number of carbonyl (C=O) groups excluding carboxylic acids is 3. The van der Waals surface area contributed by atoms with Crippen LogP contribution in [0.4, 0.5) is 74.4 Å². The van der Waals surface area contributed by atoms with Gasteiger partial charge >= 0.3 is 18.5 Å². The summed E-state index contributed by atoms with van der Waals surface area (Å²) in [5.74, 6) is -2.15. The quantitative estimate of drug-likeness (QED) is 0.0341. The molecule has 2 saturated heterocycles. The van der Waals surface area contributed by atoms with Crippen molar-refractivity contribution < 1.29 is 77.0 Å². The van der Waals surface area contributed by atoms with Crippen molar-refractivity contribution in [3.05, 3.63) is 142 Å². The molecule has 8 heterocycles. The lowest BCUT2D eigenvalue weighted by molar-refractivity contribution is -0.138. The number of hydrogen-bond donors (Lipinski definition) is 9. The average molecular weight is 1260 g/mol. The van der Waals surface area contributed by atoms with E-state index in [1.54, 1.807) is 23.6 Å². The molecule has 0 bridgehead atoms. The maximum Gasteiger partial charge on any atom is 0.418 e. The second kappa shape index (κ2) is 28.4. The number of carbonyl (C=O) groups is 3. The maximum atomic E-state index is 13.6. The fourth-order valence-corrected chi connectivity index (χ4v) is 10.3. The molecule has 0 spiro atoms. The molecule has 9 rings (SSSR count). The van der Waals surface area contributed by atoms with Crippen molar-refractivity contribution in [2.45, 2.75) is 108 Å². The van der Waals surface area contributed by atoms with Crippen LogP contribution in [0.3, 0.4) is 0 Å². The number of nitrogens with zero attached hydrogens (tertiary/aromatic N) is 8. The Bertz CT molecular complexity index is 3440. The van der Waals surface area contributed by atoms with Crippen LogP contribution in [0.5, 0.6) is 0 Å². The zero-order valence-corrected chi connectivity index (χ0v) is 48.5. The second-order valence-electron chi connectivity index (χ2n) is 22.5. The zero-order valence-electron chi connectivity index (χ0n) is 48.5. The Labute approximate surface area is 514 Å². The number of rotatable bonds is 15. The Kier molecular flexibility index (Phi) is 21.7. The number of aliphatic hydroxyl groups is 2. The second-order valence-corrected chi connectivity index (χ2v) is 22.5. The van der Waals surface area contributed by atoms with Crippen LogP contribution in [0.15, 0.2) is 91.4 Å². The lowest BCUT2D eigenvalue weighted by atomic mass is 9.86. The van der Waals surface area contributed by atoms with Crippen molar-refractivity contribution in [1.82, 2.24) is 40.5 Å². The molecule has 2 aliphatic heterocycles. The highest BCUT2D eigenvalue weighted by atomic mass is 19.4. The Morgan fingerprint density at radius 2 is 1.03 bits per heavy atom. The number of anilines is 6. The van der Waals surface area contributed by atoms with Gasteiger partial charge in [0.05, 0.1) is 51.1 Å². The van der Waals surface area contributed by atoms with Gasteiger partial charge in [-0.25, -0.2) is 29.9 Å². The third kappa shape index (κ3) is 17.6. The number of ketones is 3. The first kappa shape index (κ1) is 67.4. The Balaban J connectivity index is -0.00000131. The largest absolute Gasteiger partial charge is 0.418 e. The molecule has 29 heteroatoms. The molecule has 20 nitrogen and oxygen atoms in total. The van der Waals surface area contributed by atoms with Crippen LogP contribution < -0.4 is 48.7 Å². The molecular weight excluding hydrogens is 1170 g/mol. The van der Waals surface area contributed by atoms with Crippen LogP contribution >= 0.6 is 0 Å². The molecule has 3 aliphatic rings. The minimum Gasteiger partial charge on any atom is -0.391 e. The number of nitrogen functional groups attached to an aromatic ring is 3. The van der Waals surface area contributed by atoms with Gasteiger partial charge in [0.25, 0.3) is 0 Å². The van der Waals surface area contributed by atoms with Gasteiger partial charge in [0.1, 0.15) is 52.0 Å². The van der Waals surface area contributed by atoms with Crippen LogP contribution in [-0.4, -0.2) is 133 Å². The normalized spacial score (nSPS) is 18.7. The van der Waals surface area contributed by atoms with E-state index in [4.69, 9.17) is 22.9 Å². The number of hydrogen-bond acceptors (Lipinski definition) is 20. The molecule has 6 aromatic heterocycles. The van der Waals surface area contributed by atoms with Crippen LogP contribution in [0.2, 0.25) is 0 Å². The van der Waals surface area contributed by atoms with Crippen molar-refractivity contribution in [3.63, 3.8) is 0 Å². The molecule has 13 N–H and O–H groups in total. The lowest BCUT2D eigenvalue weighted by Crippen LogP contribution is -2.57. The summed E-state index contributed by atoms with van der Waals surface area (Å²) < 4.78 is 122. The number of pyridine rings is 6. The molecule has 1 saturated carbocycles. The Morgan fingerprint density at radius 1 is 0.625 bits per heavy atom. The summed E-state index contributed by atoms with van der Waals surface area (Å²) in [4.78, 5) is 65.5. The fraction of sp³-hybridized carbons (Fsp3) is 0.441. The predicted molar refractivity (Wildman–Crippen MR) is 331 cm³/mol. The molecule has 6 aromatic rings. The molecule has 3 unspecified atom stereocenters. The van der Waals surface area contributed by atoms with Gasteiger partial charge in [0.2, 0.25) is 17.3 Å². The summed E-state index contributed by atoms with van der Waals surface area (Å²) in [5, 5.41) is 30.0. The highest BCUT2D eigenvalue weighted by Crippen LogP contribution is 2.37. The van der Waals surface area contributed by atoms with Gasteiger partial charge in [-0.05, 0) is 131 Å². The summed E-state index contributed by atoms with van der Waals surface area (Å²) in [7, 11) is 0. The van der Waals surface area contributed by atoms with E-state index in [0.717, 1.165) is 43.9 Å². The van der Waals surface area contributed by atoms with E-state index >= 15 is 0 Å². The first-order valence-electron chi connectivity index (χ1n) is 28.2. The molecule has 0 radical (unpaired) electrons. The third-order valence-corrected chi connectivity index (χ3v) is 14.9. The number of aliphatic hydroxyl groups excluding tert-OH is 1. The highest BCUT2D eigenvalue weighted by molar-refractivity contribution is 6.13. The predicted octanol–water partition coefficient (Wildman–Crippen LogP) is 9.80. The summed E-state index contributed by atoms with van der Waals surface area (Å²) in [5.41, 5.74) is 16.2. The van der Waals surface area contributed by atoms with Crippen molar-refractivity contribution in [3.8, 4) is 0 Å². The van der Waals surface area contributed by atoms with Gasteiger partial charge in [-0.2, -0.15) is 39.5 Å². The molecule has 1 aliphatic carbocycles. The molecule has 88 heavy (non-hydrogen) atoms. The Morgan fingerprint density at radius 3 is 1.44 bits per heavy atom. The van der Waals surface area contributed by atoms with E-state index in [1.807, 2.05) is 13.8 Å². The first-order valence-corrected chi connectivity index (χ1v) is 28.2. The van der Waals surface area contributed by atoms with Crippen LogP contribution in [0.25, 0.3) is 0 Å². The van der Waals surface area contributed by atoms with E-state index in [-0.39, 0.29) is 88.5 Å². The first-order chi connectivity index (χ1) is 41.3. The molecule has 3 fully saturated rings. The number of piperazine rings is 2. The summed E-state index contributed by atoms with van der Waals surface area (Å²) in [6.45, 7) is 10.6. The minimum absolute atomic E-state index is 0. The third-order valence-electron chi connectivity index (χ3n) is 14.9. The van der Waals surface area contributed by atoms with E-state index in [9.17, 15) is 64.1 Å². The van der Waals surface area contributed by atoms with Crippen molar-refractivity contribution in [2.75, 3.05) is 78.1 Å². The van der Waals surface area contributed by atoms with Crippen molar-refractivity contribution >= 4 is 52.3 Å². The van der Waals surface area contributed by atoms with Gasteiger partial charge in [0, 0.05) is 89.3 Å². The molecule has 0 amide bonds. The van der Waals surface area contributed by atoms with Gasteiger partial charge in [-0.3, -0.25) is 14.4 Å². The molecule has 0 aromatic carbocycles. The van der Waals surface area contributed by atoms with Crippen LogP contribution in [-0.2, 0) is 18.5 Å². The van der Waals surface area contributed by atoms with E-state index in [2.05, 4.69) is 45.9 Å². The summed E-state index contributed by atoms with van der Waals surface area (Å²) in [6.07, 6.45) is -6.57. The fourth-order valence-electron chi connectivity index (χ4n) is 10.3. The number of nitrogens with one attached hydrogen (secondary N) is 3. The topological polar surface area (TPSA) is 316 Å². The standard InChI is InChI=1S/2C20H24F3N5O2.C19H22F3N5O.9H2/c1-19(2,30)10-12-11-28(9-8-25-12)15-6-5-14(20(21,22)23)16(27-15)17(29)13-4-3-7-26-18(13)24;1-11(2)17(29)14-10-28(9-8-25-14)15-6-5-13(20(21,22)23)16(27-15)18(30)12-4-3-7-26-19(12)24;20-19(21,22)14-7-8-15(26-10-11-3-5-12(23)6-4-11)27-16(14)17(28)13-2-1-9-25-18(13)24;;;;;;;;;/h3-7,12,25,30H,8-11H2,1-2H3,(H2,24,26);3-7,11,14,17,25,29H,8-10H2,1-2H3,(H2,24,26);1-2,7-9,11-12H,3-6,10,23H2,(H2,24,25)(H,26,27);9*1H. The number of nitrogens with two attached hydrogens (primary N) is 4. The van der Waals surface area contributed by atoms with Gasteiger partial charge in [0.15, 0.2) is 0 Å². The minimum atomic E-state index is -4.76.